The fourth-order valence-corrected chi connectivity index (χ4v) is 4.69. The molecule has 4 heteroatoms. The summed E-state index contributed by atoms with van der Waals surface area (Å²) < 4.78 is 12.2. The zero-order valence-corrected chi connectivity index (χ0v) is 22.8. The van der Waals surface area contributed by atoms with Crippen molar-refractivity contribution >= 4 is 22.2 Å². The minimum atomic E-state index is 0.108. The summed E-state index contributed by atoms with van der Waals surface area (Å²) in [6.07, 6.45) is 0. The zero-order valence-electron chi connectivity index (χ0n) is 22.8. The molecule has 190 valence electrons. The lowest BCUT2D eigenvalue weighted by molar-refractivity contribution is 0.589. The minimum Gasteiger partial charge on any atom is -0.436 e. The molecule has 2 aromatic heterocycles. The van der Waals surface area contributed by atoms with Gasteiger partial charge in [0.15, 0.2) is 11.2 Å². The van der Waals surface area contributed by atoms with Crippen molar-refractivity contribution in [1.82, 2.24) is 9.97 Å². The molecule has 0 radical (unpaired) electrons. The van der Waals surface area contributed by atoms with Gasteiger partial charge in [-0.05, 0) is 81.6 Å². The van der Waals surface area contributed by atoms with Gasteiger partial charge in [0.1, 0.15) is 11.0 Å². The Bertz CT molecular complexity index is 1620. The summed E-state index contributed by atoms with van der Waals surface area (Å²) >= 11 is 0. The molecule has 6 rings (SSSR count). The molecule has 0 atom stereocenters. The summed E-state index contributed by atoms with van der Waals surface area (Å²) in [5.74, 6) is 1.26. The van der Waals surface area contributed by atoms with Crippen molar-refractivity contribution in [3.8, 4) is 34.0 Å². The fraction of sp³-hybridized carbons (Fsp3) is 0.235. The second kappa shape index (κ2) is 8.70. The first kappa shape index (κ1) is 24.2. The van der Waals surface area contributed by atoms with E-state index in [0.29, 0.717) is 11.8 Å². The predicted octanol–water partition coefficient (Wildman–Crippen LogP) is 9.56. The monoisotopic (exact) mass is 500 g/mol. The van der Waals surface area contributed by atoms with E-state index in [9.17, 15) is 0 Å². The number of hydrogen-bond acceptors (Lipinski definition) is 4. The Kier molecular flexibility index (Phi) is 5.53. The third-order valence-electron chi connectivity index (χ3n) is 7.10. The van der Waals surface area contributed by atoms with Gasteiger partial charge in [0, 0.05) is 11.1 Å². The molecule has 0 aliphatic heterocycles. The molecule has 0 amide bonds. The Hall–Kier alpha value is -4.18. The normalized spacial score (nSPS) is 12.5. The van der Waals surface area contributed by atoms with Crippen LogP contribution in [0.3, 0.4) is 0 Å². The molecule has 2 heterocycles. The van der Waals surface area contributed by atoms with E-state index in [2.05, 4.69) is 114 Å². The van der Waals surface area contributed by atoms with Crippen molar-refractivity contribution in [2.75, 3.05) is 0 Å². The zero-order chi connectivity index (χ0) is 26.7. The lowest BCUT2D eigenvalue weighted by Gasteiger charge is -2.18. The van der Waals surface area contributed by atoms with E-state index in [4.69, 9.17) is 18.8 Å². The topological polar surface area (TPSA) is 52.1 Å². The van der Waals surface area contributed by atoms with E-state index in [1.54, 1.807) is 0 Å². The van der Waals surface area contributed by atoms with E-state index in [1.807, 2.05) is 12.1 Å². The highest BCUT2D eigenvalue weighted by molar-refractivity contribution is 5.86. The molecule has 0 unspecified atom stereocenters. The molecular weight excluding hydrogens is 468 g/mol. The number of fused-ring (bicyclic) bond motifs is 2. The number of hydrogen-bond donors (Lipinski definition) is 0. The molecular formula is C34H32N2O2. The first-order chi connectivity index (χ1) is 18.0. The second-order valence-electron chi connectivity index (χ2n) is 12.1. The molecule has 0 aliphatic rings. The molecule has 4 nitrogen and oxygen atoms in total. The van der Waals surface area contributed by atoms with Crippen LogP contribution in [0.5, 0.6) is 0 Å². The van der Waals surface area contributed by atoms with E-state index in [-0.39, 0.29) is 10.8 Å². The minimum absolute atomic E-state index is 0.108. The fourth-order valence-electron chi connectivity index (χ4n) is 4.69. The van der Waals surface area contributed by atoms with Crippen LogP contribution in [0.1, 0.15) is 52.7 Å². The average molecular weight is 501 g/mol. The highest BCUT2D eigenvalue weighted by atomic mass is 16.4. The van der Waals surface area contributed by atoms with Gasteiger partial charge in [-0.1, -0.05) is 77.9 Å². The Morgan fingerprint density at radius 2 is 0.789 bits per heavy atom. The van der Waals surface area contributed by atoms with Gasteiger partial charge in [-0.3, -0.25) is 0 Å². The van der Waals surface area contributed by atoms with Gasteiger partial charge in [-0.2, -0.15) is 0 Å². The third kappa shape index (κ3) is 4.51. The molecule has 0 N–H and O–H groups in total. The van der Waals surface area contributed by atoms with Gasteiger partial charge >= 0.3 is 0 Å². The molecule has 4 aromatic carbocycles. The highest BCUT2D eigenvalue weighted by Gasteiger charge is 2.17. The quantitative estimate of drug-likeness (QED) is 0.243. The summed E-state index contributed by atoms with van der Waals surface area (Å²) in [7, 11) is 0. The molecule has 0 spiro atoms. The third-order valence-corrected chi connectivity index (χ3v) is 7.10. The standard InChI is InChI=1S/C34H32N2O2/c1-33(2,3)25-13-7-21(8-14-25)31-35-27-19-23(11-17-29(27)37-31)24-12-18-30-28(20-24)36-32(38-30)22-9-15-26(16-10-22)34(4,5)6/h7-20H,1-6H3. The summed E-state index contributed by atoms with van der Waals surface area (Å²) in [6, 6.07) is 29.2. The van der Waals surface area contributed by atoms with Crippen LogP contribution >= 0.6 is 0 Å². The molecule has 0 aliphatic carbocycles. The number of rotatable bonds is 3. The molecule has 0 fully saturated rings. The smallest absolute Gasteiger partial charge is 0.227 e. The molecule has 0 bridgehead atoms. The van der Waals surface area contributed by atoms with E-state index < -0.39 is 0 Å². The maximum absolute atomic E-state index is 6.08. The molecule has 38 heavy (non-hydrogen) atoms. The number of oxazole rings is 2. The molecule has 0 saturated carbocycles. The first-order valence-corrected chi connectivity index (χ1v) is 13.1. The Morgan fingerprint density at radius 3 is 1.13 bits per heavy atom. The van der Waals surface area contributed by atoms with Gasteiger partial charge in [0.25, 0.3) is 0 Å². The summed E-state index contributed by atoms with van der Waals surface area (Å²) in [4.78, 5) is 9.58. The summed E-state index contributed by atoms with van der Waals surface area (Å²) in [5.41, 5.74) is 10.1. The summed E-state index contributed by atoms with van der Waals surface area (Å²) in [6.45, 7) is 13.3. The van der Waals surface area contributed by atoms with Crippen LogP contribution in [0.25, 0.3) is 56.2 Å². The van der Waals surface area contributed by atoms with Gasteiger partial charge in [0.2, 0.25) is 11.8 Å². The Balaban J connectivity index is 1.30. The van der Waals surface area contributed by atoms with E-state index in [0.717, 1.165) is 44.5 Å². The maximum atomic E-state index is 6.08. The van der Waals surface area contributed by atoms with Crippen molar-refractivity contribution in [2.24, 2.45) is 0 Å². The van der Waals surface area contributed by atoms with Crippen molar-refractivity contribution < 1.29 is 8.83 Å². The van der Waals surface area contributed by atoms with Crippen LogP contribution in [-0.4, -0.2) is 9.97 Å². The van der Waals surface area contributed by atoms with Crippen molar-refractivity contribution in [3.63, 3.8) is 0 Å². The van der Waals surface area contributed by atoms with Gasteiger partial charge in [-0.15, -0.1) is 0 Å². The van der Waals surface area contributed by atoms with Crippen LogP contribution < -0.4 is 0 Å². The van der Waals surface area contributed by atoms with Crippen LogP contribution in [0, 0.1) is 0 Å². The van der Waals surface area contributed by atoms with Crippen LogP contribution in [-0.2, 0) is 10.8 Å². The predicted molar refractivity (Wildman–Crippen MR) is 155 cm³/mol. The lowest BCUT2D eigenvalue weighted by Crippen LogP contribution is -2.10. The maximum Gasteiger partial charge on any atom is 0.227 e. The Labute approximate surface area is 223 Å². The van der Waals surface area contributed by atoms with E-state index in [1.165, 1.54) is 11.1 Å². The van der Waals surface area contributed by atoms with E-state index >= 15 is 0 Å². The van der Waals surface area contributed by atoms with Crippen molar-refractivity contribution in [1.29, 1.82) is 0 Å². The Morgan fingerprint density at radius 1 is 0.447 bits per heavy atom. The number of nitrogens with zero attached hydrogens (tertiary/aromatic N) is 2. The molecule has 0 saturated heterocycles. The SMILES string of the molecule is CC(C)(C)c1ccc(-c2nc3cc(-c4ccc5oc(-c6ccc(C(C)(C)C)cc6)nc5c4)ccc3o2)cc1. The summed E-state index contributed by atoms with van der Waals surface area (Å²) in [5, 5.41) is 0. The number of aromatic nitrogens is 2. The highest BCUT2D eigenvalue weighted by Crippen LogP contribution is 2.33. The lowest BCUT2D eigenvalue weighted by atomic mass is 9.87. The average Bonchev–Trinajstić information content (AvgIpc) is 3.51. The van der Waals surface area contributed by atoms with Crippen LogP contribution in [0.2, 0.25) is 0 Å². The van der Waals surface area contributed by atoms with Crippen molar-refractivity contribution in [3.05, 3.63) is 96.1 Å². The van der Waals surface area contributed by atoms with Crippen LogP contribution in [0.15, 0.2) is 93.8 Å². The van der Waals surface area contributed by atoms with Gasteiger partial charge in [-0.25, -0.2) is 9.97 Å². The van der Waals surface area contributed by atoms with Crippen molar-refractivity contribution in [2.45, 2.75) is 52.4 Å². The van der Waals surface area contributed by atoms with Gasteiger partial charge in [0.05, 0.1) is 0 Å². The van der Waals surface area contributed by atoms with Crippen LogP contribution in [0.4, 0.5) is 0 Å². The largest absolute Gasteiger partial charge is 0.436 e. The number of benzene rings is 4. The van der Waals surface area contributed by atoms with Gasteiger partial charge < -0.3 is 8.83 Å². The second-order valence-corrected chi connectivity index (χ2v) is 12.1. The molecule has 6 aromatic rings. The first-order valence-electron chi connectivity index (χ1n) is 13.1.